The molecule has 1 atom stereocenters. The Bertz CT molecular complexity index is 641. The molecule has 0 heterocycles. The fourth-order valence-electron chi connectivity index (χ4n) is 3.38. The normalized spacial score (nSPS) is 12.2. The molecule has 0 spiro atoms. The van der Waals surface area contributed by atoms with Gasteiger partial charge in [-0.05, 0) is 30.8 Å². The molecule has 1 aromatic carbocycles. The number of hydrogen-bond donors (Lipinski definition) is 3. The Hall–Kier alpha value is -0.750. The summed E-state index contributed by atoms with van der Waals surface area (Å²) in [7, 11) is 0. The van der Waals surface area contributed by atoms with Crippen molar-refractivity contribution < 1.29 is 4.79 Å². The molecule has 1 aromatic rings. The van der Waals surface area contributed by atoms with E-state index in [0.717, 1.165) is 24.9 Å². The Labute approximate surface area is 214 Å². The summed E-state index contributed by atoms with van der Waals surface area (Å²) >= 11 is 23.4. The summed E-state index contributed by atoms with van der Waals surface area (Å²) in [5, 5.41) is 8.88. The van der Waals surface area contributed by atoms with Crippen LogP contribution in [0.5, 0.6) is 0 Å². The zero-order chi connectivity index (χ0) is 23.7. The van der Waals surface area contributed by atoms with Crippen LogP contribution in [0, 0.1) is 0 Å². The summed E-state index contributed by atoms with van der Waals surface area (Å²) in [6.45, 7) is 2.25. The van der Waals surface area contributed by atoms with Crippen molar-refractivity contribution in [2.75, 3.05) is 5.32 Å². The van der Waals surface area contributed by atoms with Gasteiger partial charge in [0.1, 0.15) is 6.17 Å². The summed E-state index contributed by atoms with van der Waals surface area (Å²) in [5.74, 6) is -0.164. The van der Waals surface area contributed by atoms with Crippen LogP contribution in [0.4, 0.5) is 5.69 Å². The summed E-state index contributed by atoms with van der Waals surface area (Å²) in [4.78, 5) is 12.3. The number of anilines is 1. The van der Waals surface area contributed by atoms with E-state index in [1.54, 1.807) is 0 Å². The lowest BCUT2D eigenvalue weighted by Gasteiger charge is -2.27. The highest BCUT2D eigenvalue weighted by Gasteiger charge is 2.34. The number of hydrogen-bond acceptors (Lipinski definition) is 2. The fourth-order valence-corrected chi connectivity index (χ4v) is 3.94. The minimum absolute atomic E-state index is 0.164. The third-order valence-electron chi connectivity index (χ3n) is 5.20. The van der Waals surface area contributed by atoms with Gasteiger partial charge in [0.2, 0.25) is 9.70 Å². The monoisotopic (exact) mass is 521 g/mol. The average molecular weight is 523 g/mol. The summed E-state index contributed by atoms with van der Waals surface area (Å²) < 4.78 is -1.74. The van der Waals surface area contributed by atoms with Crippen molar-refractivity contribution in [1.82, 2.24) is 10.6 Å². The molecule has 4 nitrogen and oxygen atoms in total. The highest BCUT2D eigenvalue weighted by molar-refractivity contribution is 7.80. The molecule has 0 saturated heterocycles. The number of rotatable bonds is 16. The van der Waals surface area contributed by atoms with E-state index in [-0.39, 0.29) is 11.0 Å². The lowest BCUT2D eigenvalue weighted by Crippen LogP contribution is -2.56. The van der Waals surface area contributed by atoms with Crippen molar-refractivity contribution in [2.24, 2.45) is 0 Å². The van der Waals surface area contributed by atoms with Crippen LogP contribution in [0.2, 0.25) is 0 Å². The Kier molecular flexibility index (Phi) is 16.2. The molecule has 3 N–H and O–H groups in total. The van der Waals surface area contributed by atoms with Gasteiger partial charge in [-0.1, -0.05) is 131 Å². The third-order valence-corrected chi connectivity index (χ3v) is 6.07. The highest BCUT2D eigenvalue weighted by Crippen LogP contribution is 2.29. The number of alkyl halides is 3. The van der Waals surface area contributed by atoms with Gasteiger partial charge in [-0.2, -0.15) is 0 Å². The van der Waals surface area contributed by atoms with E-state index in [1.165, 1.54) is 57.8 Å². The number of amides is 1. The maximum absolute atomic E-state index is 12.3. The maximum atomic E-state index is 12.3. The van der Waals surface area contributed by atoms with Crippen LogP contribution in [-0.2, 0) is 4.79 Å². The van der Waals surface area contributed by atoms with Gasteiger partial charge in [-0.3, -0.25) is 4.79 Å². The van der Waals surface area contributed by atoms with Crippen LogP contribution in [-0.4, -0.2) is 21.0 Å². The van der Waals surface area contributed by atoms with Gasteiger partial charge < -0.3 is 16.0 Å². The van der Waals surface area contributed by atoms with Gasteiger partial charge in [0, 0.05) is 12.1 Å². The van der Waals surface area contributed by atoms with E-state index < -0.39 is 9.96 Å². The molecule has 0 aliphatic carbocycles. The maximum Gasteiger partial charge on any atom is 0.228 e. The van der Waals surface area contributed by atoms with Gasteiger partial charge in [0.15, 0.2) is 5.11 Å². The zero-order valence-electron chi connectivity index (χ0n) is 19.1. The second kappa shape index (κ2) is 17.7. The zero-order valence-corrected chi connectivity index (χ0v) is 22.2. The quantitative estimate of drug-likeness (QED) is 0.0894. The van der Waals surface area contributed by atoms with E-state index in [1.807, 2.05) is 30.3 Å². The van der Waals surface area contributed by atoms with Gasteiger partial charge >= 0.3 is 0 Å². The summed E-state index contributed by atoms with van der Waals surface area (Å²) in [5.41, 5.74) is 0.802. The first-order valence-electron chi connectivity index (χ1n) is 11.8. The van der Waals surface area contributed by atoms with Crippen molar-refractivity contribution in [3.63, 3.8) is 0 Å². The fraction of sp³-hybridized carbons (Fsp3) is 0.667. The van der Waals surface area contributed by atoms with E-state index in [0.29, 0.717) is 6.42 Å². The van der Waals surface area contributed by atoms with E-state index in [9.17, 15) is 4.79 Å². The van der Waals surface area contributed by atoms with Crippen LogP contribution in [0.15, 0.2) is 30.3 Å². The molecule has 182 valence electrons. The van der Waals surface area contributed by atoms with E-state index >= 15 is 0 Å². The molecule has 0 unspecified atom stereocenters. The first-order chi connectivity index (χ1) is 15.3. The van der Waals surface area contributed by atoms with Crippen LogP contribution in [0.3, 0.4) is 0 Å². The largest absolute Gasteiger partial charge is 0.339 e. The summed E-state index contributed by atoms with van der Waals surface area (Å²) in [6.07, 6.45) is 14.4. The van der Waals surface area contributed by atoms with Crippen molar-refractivity contribution in [3.8, 4) is 0 Å². The number of thiocarbonyl (C=S) groups is 1. The second-order valence-electron chi connectivity index (χ2n) is 8.15. The highest BCUT2D eigenvalue weighted by atomic mass is 35.6. The van der Waals surface area contributed by atoms with E-state index in [2.05, 4.69) is 22.9 Å². The number of halogens is 3. The first kappa shape index (κ1) is 29.3. The van der Waals surface area contributed by atoms with Gasteiger partial charge in [-0.25, -0.2) is 0 Å². The predicted octanol–water partition coefficient (Wildman–Crippen LogP) is 7.88. The molecule has 32 heavy (non-hydrogen) atoms. The molecule has 1 rings (SSSR count). The Balaban J connectivity index is 2.18. The van der Waals surface area contributed by atoms with Crippen LogP contribution in [0.1, 0.15) is 90.4 Å². The molecule has 0 saturated carbocycles. The minimum Gasteiger partial charge on any atom is -0.339 e. The Morgan fingerprint density at radius 2 is 1.34 bits per heavy atom. The van der Waals surface area contributed by atoms with Crippen LogP contribution in [0.25, 0.3) is 0 Å². The number of nitrogens with one attached hydrogen (secondary N) is 3. The second-order valence-corrected chi connectivity index (χ2v) is 10.9. The van der Waals surface area contributed by atoms with Crippen LogP contribution < -0.4 is 16.0 Å². The van der Waals surface area contributed by atoms with Crippen molar-refractivity contribution >= 4 is 63.7 Å². The van der Waals surface area contributed by atoms with Gasteiger partial charge in [0.25, 0.3) is 0 Å². The molecule has 1 amide bonds. The molecule has 0 aliphatic rings. The molecule has 0 fully saturated rings. The molecule has 0 aliphatic heterocycles. The number of para-hydroxylation sites is 1. The number of unbranched alkanes of at least 4 members (excludes halogenated alkanes) is 11. The van der Waals surface area contributed by atoms with Gasteiger partial charge in [-0.15, -0.1) is 0 Å². The number of benzene rings is 1. The molecule has 0 aromatic heterocycles. The average Bonchev–Trinajstić information content (AvgIpc) is 2.74. The van der Waals surface area contributed by atoms with E-state index in [4.69, 9.17) is 47.0 Å². The molecular weight excluding hydrogens is 485 g/mol. The predicted molar refractivity (Wildman–Crippen MR) is 144 cm³/mol. The first-order valence-corrected chi connectivity index (χ1v) is 13.4. The molecular formula is C24H38Cl3N3OS. The molecule has 0 radical (unpaired) electrons. The van der Waals surface area contributed by atoms with Crippen molar-refractivity contribution in [3.05, 3.63) is 30.3 Å². The number of carbonyl (C=O) groups is 1. The van der Waals surface area contributed by atoms with Crippen molar-refractivity contribution in [2.45, 2.75) is 100 Å². The third kappa shape index (κ3) is 15.2. The van der Waals surface area contributed by atoms with Crippen molar-refractivity contribution in [1.29, 1.82) is 0 Å². The topological polar surface area (TPSA) is 53.2 Å². The lowest BCUT2D eigenvalue weighted by molar-refractivity contribution is -0.122. The Morgan fingerprint density at radius 1 is 0.844 bits per heavy atom. The number of carbonyl (C=O) groups excluding carboxylic acids is 1. The SMILES string of the molecule is CCCCCCCCCCCCCCC(=O)N[C@@H](NC(=S)Nc1ccccc1)C(Cl)(Cl)Cl. The molecule has 8 heteroatoms. The summed E-state index contributed by atoms with van der Waals surface area (Å²) in [6, 6.07) is 9.40. The lowest BCUT2D eigenvalue weighted by atomic mass is 10.0. The Morgan fingerprint density at radius 3 is 1.84 bits per heavy atom. The standard InChI is InChI=1S/C24H38Cl3N3OS/c1-2-3-4-5-6-7-8-9-10-11-12-16-19-21(31)29-22(24(25,26)27)30-23(32)28-20-17-14-13-15-18-20/h13-15,17-18,22H,2-12,16,19H2,1H3,(H,29,31)(H2,28,30,32)/t22-/m0/s1. The minimum atomic E-state index is -1.74. The van der Waals surface area contributed by atoms with Gasteiger partial charge in [0.05, 0.1) is 0 Å². The smallest absolute Gasteiger partial charge is 0.228 e. The molecule has 0 bridgehead atoms. The van der Waals surface area contributed by atoms with Crippen LogP contribution >= 0.6 is 47.0 Å².